The smallest absolute Gasteiger partial charge is 0.0565 e. The van der Waals surface area contributed by atoms with Crippen molar-refractivity contribution in [3.05, 3.63) is 0 Å². The maximum atomic E-state index is 5.72. The van der Waals surface area contributed by atoms with Gasteiger partial charge in [-0.05, 0) is 45.6 Å². The van der Waals surface area contributed by atoms with E-state index in [4.69, 9.17) is 9.47 Å². The summed E-state index contributed by atoms with van der Waals surface area (Å²) >= 11 is 0. The van der Waals surface area contributed by atoms with E-state index in [1.165, 1.54) is 0 Å². The third kappa shape index (κ3) is 7.02. The molecule has 0 spiro atoms. The summed E-state index contributed by atoms with van der Waals surface area (Å²) in [6.45, 7) is 11.5. The summed E-state index contributed by atoms with van der Waals surface area (Å²) in [7, 11) is 0. The normalized spacial score (nSPS) is 29.8. The highest BCUT2D eigenvalue weighted by atomic mass is 16.5. The molecule has 1 saturated heterocycles. The Kier molecular flexibility index (Phi) is 7.09. The van der Waals surface area contributed by atoms with Crippen LogP contribution < -0.4 is 5.32 Å². The van der Waals surface area contributed by atoms with Gasteiger partial charge in [0.1, 0.15) is 0 Å². The lowest BCUT2D eigenvalue weighted by Gasteiger charge is -2.32. The fourth-order valence-corrected chi connectivity index (χ4v) is 2.37. The van der Waals surface area contributed by atoms with E-state index < -0.39 is 0 Å². The molecule has 17 heavy (non-hydrogen) atoms. The van der Waals surface area contributed by atoms with Gasteiger partial charge < -0.3 is 14.8 Å². The van der Waals surface area contributed by atoms with E-state index in [-0.39, 0.29) is 0 Å². The van der Waals surface area contributed by atoms with Crippen LogP contribution in [-0.4, -0.2) is 38.0 Å². The number of nitrogens with one attached hydrogen (secondary N) is 1. The molecular formula is C14H29NO2. The highest BCUT2D eigenvalue weighted by Crippen LogP contribution is 2.18. The molecule has 3 heteroatoms. The number of hydrogen-bond acceptors (Lipinski definition) is 3. The lowest BCUT2D eigenvalue weighted by Crippen LogP contribution is -2.41. The van der Waals surface area contributed by atoms with Gasteiger partial charge in [-0.3, -0.25) is 0 Å². The van der Waals surface area contributed by atoms with Gasteiger partial charge in [0.2, 0.25) is 0 Å². The van der Waals surface area contributed by atoms with Crippen LogP contribution in [0.4, 0.5) is 0 Å². The predicted molar refractivity (Wildman–Crippen MR) is 71.3 cm³/mol. The Morgan fingerprint density at radius 1 is 1.24 bits per heavy atom. The number of hydrogen-bond donors (Lipinski definition) is 1. The summed E-state index contributed by atoms with van der Waals surface area (Å²) in [6.07, 6.45) is 4.17. The molecule has 0 aliphatic carbocycles. The molecule has 1 aliphatic heterocycles. The SMILES string of the molecule is CC(C)COCCCNC1CC(C)OC(C)C1. The molecule has 1 fully saturated rings. The minimum absolute atomic E-state index is 0.397. The van der Waals surface area contributed by atoms with E-state index in [1.807, 2.05) is 0 Å². The topological polar surface area (TPSA) is 30.5 Å². The maximum Gasteiger partial charge on any atom is 0.0565 e. The first kappa shape index (κ1) is 14.9. The quantitative estimate of drug-likeness (QED) is 0.697. The molecule has 0 radical (unpaired) electrons. The van der Waals surface area contributed by atoms with Crippen LogP contribution in [0.3, 0.4) is 0 Å². The zero-order valence-electron chi connectivity index (χ0n) is 11.9. The van der Waals surface area contributed by atoms with Gasteiger partial charge in [-0.25, -0.2) is 0 Å². The van der Waals surface area contributed by atoms with Crippen molar-refractivity contribution in [1.82, 2.24) is 5.32 Å². The van der Waals surface area contributed by atoms with Crippen molar-refractivity contribution in [2.24, 2.45) is 5.92 Å². The van der Waals surface area contributed by atoms with E-state index in [2.05, 4.69) is 33.0 Å². The van der Waals surface area contributed by atoms with Gasteiger partial charge in [0.05, 0.1) is 12.2 Å². The predicted octanol–water partition coefficient (Wildman–Crippen LogP) is 2.59. The van der Waals surface area contributed by atoms with Crippen molar-refractivity contribution in [1.29, 1.82) is 0 Å². The summed E-state index contributed by atoms with van der Waals surface area (Å²) < 4.78 is 11.3. The lowest BCUT2D eigenvalue weighted by molar-refractivity contribution is -0.0422. The lowest BCUT2D eigenvalue weighted by atomic mass is 10.00. The van der Waals surface area contributed by atoms with Crippen LogP contribution in [0.15, 0.2) is 0 Å². The zero-order valence-corrected chi connectivity index (χ0v) is 11.9. The molecule has 0 aromatic heterocycles. The Morgan fingerprint density at radius 3 is 2.47 bits per heavy atom. The third-order valence-corrected chi connectivity index (χ3v) is 3.05. The van der Waals surface area contributed by atoms with Crippen LogP contribution >= 0.6 is 0 Å². The first-order valence-electron chi connectivity index (χ1n) is 7.04. The van der Waals surface area contributed by atoms with Crippen molar-refractivity contribution in [2.45, 2.75) is 65.2 Å². The molecule has 3 nitrogen and oxygen atoms in total. The minimum Gasteiger partial charge on any atom is -0.381 e. The van der Waals surface area contributed by atoms with Crippen LogP contribution in [0.2, 0.25) is 0 Å². The molecule has 0 saturated carbocycles. The summed E-state index contributed by atoms with van der Waals surface area (Å²) in [5.74, 6) is 0.639. The van der Waals surface area contributed by atoms with Crippen molar-refractivity contribution in [3.63, 3.8) is 0 Å². The van der Waals surface area contributed by atoms with E-state index in [0.29, 0.717) is 24.2 Å². The van der Waals surface area contributed by atoms with Crippen molar-refractivity contribution >= 4 is 0 Å². The van der Waals surface area contributed by atoms with Crippen LogP contribution in [0.1, 0.15) is 47.0 Å². The fraction of sp³-hybridized carbons (Fsp3) is 1.00. The third-order valence-electron chi connectivity index (χ3n) is 3.05. The van der Waals surface area contributed by atoms with Crippen LogP contribution in [0.5, 0.6) is 0 Å². The molecule has 102 valence electrons. The van der Waals surface area contributed by atoms with E-state index in [1.54, 1.807) is 0 Å². The molecule has 1 N–H and O–H groups in total. The summed E-state index contributed by atoms with van der Waals surface area (Å²) in [4.78, 5) is 0. The van der Waals surface area contributed by atoms with Crippen molar-refractivity contribution in [2.75, 3.05) is 19.8 Å². The van der Waals surface area contributed by atoms with Gasteiger partial charge >= 0.3 is 0 Å². The van der Waals surface area contributed by atoms with E-state index in [0.717, 1.165) is 39.0 Å². The highest BCUT2D eigenvalue weighted by Gasteiger charge is 2.23. The minimum atomic E-state index is 0.397. The van der Waals surface area contributed by atoms with Gasteiger partial charge in [-0.1, -0.05) is 13.8 Å². The van der Waals surface area contributed by atoms with E-state index in [9.17, 15) is 0 Å². The van der Waals surface area contributed by atoms with Gasteiger partial charge in [-0.15, -0.1) is 0 Å². The van der Waals surface area contributed by atoms with Crippen molar-refractivity contribution < 1.29 is 9.47 Å². The second-order valence-corrected chi connectivity index (χ2v) is 5.70. The summed E-state index contributed by atoms with van der Waals surface area (Å²) in [6, 6.07) is 0.624. The standard InChI is InChI=1S/C14H29NO2/c1-11(2)10-16-7-5-6-15-14-8-12(3)17-13(4)9-14/h11-15H,5-10H2,1-4H3. The average molecular weight is 243 g/mol. The summed E-state index contributed by atoms with van der Waals surface area (Å²) in [5.41, 5.74) is 0. The monoisotopic (exact) mass is 243 g/mol. The second kappa shape index (κ2) is 8.06. The molecule has 0 aromatic rings. The Labute approximate surface area is 106 Å². The molecule has 2 unspecified atom stereocenters. The molecule has 0 amide bonds. The molecule has 1 heterocycles. The molecular weight excluding hydrogens is 214 g/mol. The van der Waals surface area contributed by atoms with Crippen LogP contribution in [-0.2, 0) is 9.47 Å². The largest absolute Gasteiger partial charge is 0.381 e. The average Bonchev–Trinajstić information content (AvgIpc) is 2.21. The van der Waals surface area contributed by atoms with Gasteiger partial charge in [0, 0.05) is 19.3 Å². The fourth-order valence-electron chi connectivity index (χ4n) is 2.37. The molecule has 0 bridgehead atoms. The molecule has 1 rings (SSSR count). The highest BCUT2D eigenvalue weighted by molar-refractivity contribution is 4.78. The Bertz CT molecular complexity index is 187. The number of ether oxygens (including phenoxy) is 2. The zero-order chi connectivity index (χ0) is 12.7. The molecule has 2 atom stereocenters. The Balaban J connectivity index is 1.98. The van der Waals surface area contributed by atoms with Crippen LogP contribution in [0.25, 0.3) is 0 Å². The van der Waals surface area contributed by atoms with Crippen molar-refractivity contribution in [3.8, 4) is 0 Å². The molecule has 0 aromatic carbocycles. The number of rotatable bonds is 7. The first-order chi connectivity index (χ1) is 8.08. The van der Waals surface area contributed by atoms with E-state index >= 15 is 0 Å². The van der Waals surface area contributed by atoms with Crippen LogP contribution in [0, 0.1) is 5.92 Å². The second-order valence-electron chi connectivity index (χ2n) is 5.70. The first-order valence-corrected chi connectivity index (χ1v) is 7.04. The Morgan fingerprint density at radius 2 is 1.88 bits per heavy atom. The maximum absolute atomic E-state index is 5.72. The molecule has 1 aliphatic rings. The van der Waals surface area contributed by atoms with Gasteiger partial charge in [0.25, 0.3) is 0 Å². The Hall–Kier alpha value is -0.120. The summed E-state index contributed by atoms with van der Waals surface area (Å²) in [5, 5.41) is 3.61. The van der Waals surface area contributed by atoms with Gasteiger partial charge in [0.15, 0.2) is 0 Å². The van der Waals surface area contributed by atoms with Gasteiger partial charge in [-0.2, -0.15) is 0 Å².